The van der Waals surface area contributed by atoms with Crippen LogP contribution < -0.4 is 5.73 Å². The Morgan fingerprint density at radius 1 is 1.43 bits per heavy atom. The Morgan fingerprint density at radius 2 is 2.14 bits per heavy atom. The van der Waals surface area contributed by atoms with Gasteiger partial charge in [0.1, 0.15) is 5.82 Å². The summed E-state index contributed by atoms with van der Waals surface area (Å²) in [5.74, 6) is 4.78. The summed E-state index contributed by atoms with van der Waals surface area (Å²) >= 11 is 0. The third-order valence-electron chi connectivity index (χ3n) is 2.90. The van der Waals surface area contributed by atoms with Crippen molar-refractivity contribution in [2.45, 2.75) is 32.9 Å². The summed E-state index contributed by atoms with van der Waals surface area (Å²) in [6.45, 7) is 4.43. The second kappa shape index (κ2) is 8.40. The van der Waals surface area contributed by atoms with E-state index in [0.717, 1.165) is 5.56 Å². The fraction of sp³-hybridized carbons (Fsp3) is 0.438. The lowest BCUT2D eigenvalue weighted by Crippen LogP contribution is -2.38. The zero-order chi connectivity index (χ0) is 15.8. The first-order valence-electron chi connectivity index (χ1n) is 6.84. The van der Waals surface area contributed by atoms with Crippen LogP contribution in [0.4, 0.5) is 4.39 Å². The predicted octanol–water partition coefficient (Wildman–Crippen LogP) is 1.26. The molecule has 1 aromatic rings. The van der Waals surface area contributed by atoms with Gasteiger partial charge in [-0.1, -0.05) is 11.8 Å². The van der Waals surface area contributed by atoms with Crippen molar-refractivity contribution in [1.29, 1.82) is 0 Å². The van der Waals surface area contributed by atoms with E-state index in [1.165, 1.54) is 12.1 Å². The molecule has 4 nitrogen and oxygen atoms in total. The molecule has 0 fully saturated rings. The smallest absolute Gasteiger partial charge is 0.231 e. The molecule has 0 spiro atoms. The van der Waals surface area contributed by atoms with Crippen LogP contribution in [-0.2, 0) is 11.3 Å². The van der Waals surface area contributed by atoms with Gasteiger partial charge >= 0.3 is 0 Å². The van der Waals surface area contributed by atoms with E-state index < -0.39 is 5.91 Å². The molecule has 5 heteroatoms. The van der Waals surface area contributed by atoms with Crippen LogP contribution in [0.15, 0.2) is 18.2 Å². The van der Waals surface area contributed by atoms with E-state index >= 15 is 0 Å². The third kappa shape index (κ3) is 6.39. The number of hydrogen-bond donors (Lipinski definition) is 2. The molecule has 0 aliphatic heterocycles. The zero-order valence-corrected chi connectivity index (χ0v) is 12.4. The molecular weight excluding hydrogens is 271 g/mol. The first-order valence-corrected chi connectivity index (χ1v) is 6.84. The average Bonchev–Trinajstić information content (AvgIpc) is 2.37. The van der Waals surface area contributed by atoms with Crippen molar-refractivity contribution < 1.29 is 14.3 Å². The number of halogens is 1. The maximum Gasteiger partial charge on any atom is 0.231 e. The number of primary amides is 1. The van der Waals surface area contributed by atoms with E-state index in [1.807, 2.05) is 18.7 Å². The van der Waals surface area contributed by atoms with Gasteiger partial charge in [0.05, 0.1) is 13.2 Å². The number of carbonyl (C=O) groups excluding carboxylic acids is 1. The minimum absolute atomic E-state index is 0.0189. The van der Waals surface area contributed by atoms with Crippen molar-refractivity contribution in [2.75, 3.05) is 13.2 Å². The van der Waals surface area contributed by atoms with Crippen LogP contribution in [0.3, 0.4) is 0 Å². The molecule has 0 bridgehead atoms. The van der Waals surface area contributed by atoms with Crippen molar-refractivity contribution in [3.05, 3.63) is 35.1 Å². The maximum atomic E-state index is 13.6. The first-order chi connectivity index (χ1) is 9.92. The normalized spacial score (nSPS) is 10.6. The van der Waals surface area contributed by atoms with E-state index in [4.69, 9.17) is 10.8 Å². The molecule has 0 atom stereocenters. The van der Waals surface area contributed by atoms with Gasteiger partial charge in [0.2, 0.25) is 5.91 Å². The van der Waals surface area contributed by atoms with Crippen LogP contribution in [-0.4, -0.2) is 35.1 Å². The monoisotopic (exact) mass is 292 g/mol. The average molecular weight is 292 g/mol. The van der Waals surface area contributed by atoms with Gasteiger partial charge in [-0.3, -0.25) is 9.69 Å². The highest BCUT2D eigenvalue weighted by Crippen LogP contribution is 2.13. The molecule has 1 aromatic carbocycles. The van der Waals surface area contributed by atoms with Gasteiger partial charge in [0.15, 0.2) is 0 Å². The summed E-state index contributed by atoms with van der Waals surface area (Å²) in [5.41, 5.74) is 6.52. The topological polar surface area (TPSA) is 66.6 Å². The van der Waals surface area contributed by atoms with Crippen LogP contribution in [0.2, 0.25) is 0 Å². The number of nitrogens with zero attached hydrogens (tertiary/aromatic N) is 1. The van der Waals surface area contributed by atoms with Gasteiger partial charge in [0.25, 0.3) is 0 Å². The highest BCUT2D eigenvalue weighted by Gasteiger charge is 2.13. The molecule has 0 aromatic heterocycles. The lowest BCUT2D eigenvalue weighted by Gasteiger charge is -2.25. The number of carbonyl (C=O) groups is 1. The van der Waals surface area contributed by atoms with Crippen molar-refractivity contribution in [1.82, 2.24) is 4.90 Å². The van der Waals surface area contributed by atoms with Gasteiger partial charge in [-0.05, 0) is 37.6 Å². The predicted molar refractivity (Wildman–Crippen MR) is 79.7 cm³/mol. The first kappa shape index (κ1) is 17.2. The fourth-order valence-electron chi connectivity index (χ4n) is 1.89. The van der Waals surface area contributed by atoms with E-state index in [2.05, 4.69) is 11.8 Å². The van der Waals surface area contributed by atoms with Gasteiger partial charge in [0, 0.05) is 24.6 Å². The van der Waals surface area contributed by atoms with E-state index in [1.54, 1.807) is 6.07 Å². The van der Waals surface area contributed by atoms with Gasteiger partial charge in [-0.2, -0.15) is 0 Å². The van der Waals surface area contributed by atoms with E-state index in [0.29, 0.717) is 18.5 Å². The maximum absolute atomic E-state index is 13.6. The lowest BCUT2D eigenvalue weighted by molar-refractivity contribution is -0.119. The van der Waals surface area contributed by atoms with Crippen LogP contribution >= 0.6 is 0 Å². The molecule has 0 aliphatic rings. The van der Waals surface area contributed by atoms with Crippen molar-refractivity contribution in [3.63, 3.8) is 0 Å². The van der Waals surface area contributed by atoms with E-state index in [-0.39, 0.29) is 25.0 Å². The quantitative estimate of drug-likeness (QED) is 0.776. The zero-order valence-electron chi connectivity index (χ0n) is 12.4. The fourth-order valence-corrected chi connectivity index (χ4v) is 1.89. The molecule has 114 valence electrons. The molecule has 3 N–H and O–H groups in total. The van der Waals surface area contributed by atoms with Crippen molar-refractivity contribution in [3.8, 4) is 11.8 Å². The summed E-state index contributed by atoms with van der Waals surface area (Å²) in [5, 5.41) is 8.69. The Bertz CT molecular complexity index is 547. The number of rotatable bonds is 6. The summed E-state index contributed by atoms with van der Waals surface area (Å²) in [7, 11) is 0. The molecule has 0 heterocycles. The molecule has 0 saturated carbocycles. The minimum atomic E-state index is -0.414. The van der Waals surface area contributed by atoms with Crippen molar-refractivity contribution in [2.24, 2.45) is 5.73 Å². The molecule has 0 saturated heterocycles. The standard InChI is InChI=1S/C16H21FN2O2/c1-12(2)19(11-16(18)21)10-14-7-13(5-3-4-6-20)8-15(17)9-14/h7-9,12,20H,4,6,10-11H2,1-2H3,(H2,18,21). The second-order valence-electron chi connectivity index (χ2n) is 5.09. The summed E-state index contributed by atoms with van der Waals surface area (Å²) in [4.78, 5) is 12.9. The number of aliphatic hydroxyl groups is 1. The Balaban J connectivity index is 2.91. The van der Waals surface area contributed by atoms with Crippen LogP contribution in [0.25, 0.3) is 0 Å². The molecule has 0 aliphatic carbocycles. The highest BCUT2D eigenvalue weighted by molar-refractivity contribution is 5.75. The Kier molecular flexibility index (Phi) is 6.86. The molecule has 0 radical (unpaired) electrons. The molecule has 0 unspecified atom stereocenters. The Labute approximate surface area is 124 Å². The second-order valence-corrected chi connectivity index (χ2v) is 5.09. The Morgan fingerprint density at radius 3 is 2.71 bits per heavy atom. The summed E-state index contributed by atoms with van der Waals surface area (Å²) in [6.07, 6.45) is 0.353. The van der Waals surface area contributed by atoms with Crippen LogP contribution in [0, 0.1) is 17.7 Å². The third-order valence-corrected chi connectivity index (χ3v) is 2.90. The van der Waals surface area contributed by atoms with Gasteiger partial charge in [-0.15, -0.1) is 0 Å². The Hall–Kier alpha value is -1.90. The SMILES string of the molecule is CC(C)N(CC(N)=O)Cc1cc(F)cc(C#CCCO)c1. The number of aliphatic hydroxyl groups excluding tert-OH is 1. The highest BCUT2D eigenvalue weighted by atomic mass is 19.1. The van der Waals surface area contributed by atoms with Crippen LogP contribution in [0.5, 0.6) is 0 Å². The molecule has 21 heavy (non-hydrogen) atoms. The molecule has 1 rings (SSSR count). The van der Waals surface area contributed by atoms with Gasteiger partial charge < -0.3 is 10.8 Å². The van der Waals surface area contributed by atoms with E-state index in [9.17, 15) is 9.18 Å². The largest absolute Gasteiger partial charge is 0.395 e. The minimum Gasteiger partial charge on any atom is -0.395 e. The lowest BCUT2D eigenvalue weighted by atomic mass is 10.1. The summed E-state index contributed by atoms with van der Waals surface area (Å²) < 4.78 is 13.6. The van der Waals surface area contributed by atoms with Crippen LogP contribution in [0.1, 0.15) is 31.4 Å². The number of hydrogen-bond acceptors (Lipinski definition) is 3. The van der Waals surface area contributed by atoms with Gasteiger partial charge in [-0.25, -0.2) is 4.39 Å². The number of nitrogens with two attached hydrogens (primary N) is 1. The summed E-state index contributed by atoms with van der Waals surface area (Å²) in [6, 6.07) is 4.67. The van der Waals surface area contributed by atoms with Crippen molar-refractivity contribution >= 4 is 5.91 Å². The molecule has 1 amide bonds. The number of benzene rings is 1. The molecular formula is C16H21FN2O2. The number of amides is 1.